The number of rotatable bonds is 14. The van der Waals surface area contributed by atoms with E-state index in [1.165, 1.54) is 22.3 Å². The highest BCUT2D eigenvalue weighted by Crippen LogP contribution is 2.38. The molecule has 0 spiro atoms. The minimum absolute atomic E-state index is 0. The van der Waals surface area contributed by atoms with E-state index < -0.39 is 24.8 Å². The summed E-state index contributed by atoms with van der Waals surface area (Å²) in [5.74, 6) is 0.467. The average molecular weight is 792 g/mol. The first-order valence-corrected chi connectivity index (χ1v) is 18.7. The molecule has 11 nitrogen and oxygen atoms in total. The molecule has 6 heterocycles. The summed E-state index contributed by atoms with van der Waals surface area (Å²) in [7, 11) is 0. The van der Waals surface area contributed by atoms with Crippen LogP contribution >= 0.6 is 34.5 Å². The van der Waals surface area contributed by atoms with Gasteiger partial charge in [-0.3, -0.25) is 9.80 Å². The van der Waals surface area contributed by atoms with E-state index in [1.54, 1.807) is 61.1 Å². The van der Waals surface area contributed by atoms with Crippen LogP contribution in [0.2, 0.25) is 10.0 Å². The second kappa shape index (κ2) is 17.4. The number of fused-ring (bicyclic) bond motifs is 3. The van der Waals surface area contributed by atoms with E-state index in [-0.39, 0.29) is 40.9 Å². The number of ether oxygens (including phenoxy) is 4. The van der Waals surface area contributed by atoms with E-state index in [2.05, 4.69) is 14.9 Å². The third kappa shape index (κ3) is 9.73. The molecule has 2 atom stereocenters. The fraction of sp³-hybridized carbons (Fsp3) is 0.405. The molecule has 1 saturated carbocycles. The maximum atomic E-state index is 13.8. The number of hydrogen-bond acceptors (Lipinski definition) is 10. The second-order valence-corrected chi connectivity index (χ2v) is 15.1. The number of nitrogens with zero attached hydrogens (tertiary/aromatic N) is 3. The zero-order valence-corrected chi connectivity index (χ0v) is 30.8. The highest BCUT2D eigenvalue weighted by molar-refractivity contribution is 7.14. The largest absolute Gasteiger partial charge is 0.870 e. The summed E-state index contributed by atoms with van der Waals surface area (Å²) in [5.41, 5.74) is 0.988. The van der Waals surface area contributed by atoms with Gasteiger partial charge in [0, 0.05) is 29.6 Å². The van der Waals surface area contributed by atoms with Crippen molar-refractivity contribution in [3.8, 4) is 11.5 Å². The predicted molar refractivity (Wildman–Crippen MR) is 192 cm³/mol. The summed E-state index contributed by atoms with van der Waals surface area (Å²) in [6, 6.07) is 13.2. The number of amides is 1. The monoisotopic (exact) mass is 790 g/mol. The molecule has 8 rings (SSSR count). The Bertz CT molecular complexity index is 1860. The van der Waals surface area contributed by atoms with Crippen LogP contribution in [0.5, 0.6) is 11.5 Å². The first-order chi connectivity index (χ1) is 25.2. The van der Waals surface area contributed by atoms with Crippen LogP contribution in [0, 0.1) is 11.8 Å². The zero-order valence-electron chi connectivity index (χ0n) is 28.5. The lowest BCUT2D eigenvalue weighted by atomic mass is 9.86. The quantitative estimate of drug-likeness (QED) is 0.117. The van der Waals surface area contributed by atoms with Crippen molar-refractivity contribution in [2.75, 3.05) is 31.1 Å². The Morgan fingerprint density at radius 2 is 1.79 bits per heavy atom. The number of halogens is 4. The van der Waals surface area contributed by atoms with Crippen molar-refractivity contribution in [1.82, 2.24) is 9.88 Å². The zero-order chi connectivity index (χ0) is 36.2. The lowest BCUT2D eigenvalue weighted by Gasteiger charge is -2.44. The Balaban J connectivity index is 0.00000481. The number of aromatic amines is 1. The van der Waals surface area contributed by atoms with Gasteiger partial charge >= 0.3 is 18.7 Å². The molecule has 16 heteroatoms. The van der Waals surface area contributed by atoms with Gasteiger partial charge in [0.1, 0.15) is 32.9 Å². The number of anilines is 1. The molecule has 4 aliphatic rings. The summed E-state index contributed by atoms with van der Waals surface area (Å²) in [6.07, 6.45) is 7.18. The minimum atomic E-state index is -3.05. The van der Waals surface area contributed by atoms with Crippen LogP contribution in [-0.4, -0.2) is 66.4 Å². The number of pyridine rings is 2. The number of H-pyrrole nitrogens is 1. The van der Waals surface area contributed by atoms with Crippen LogP contribution in [0.4, 0.5) is 19.4 Å². The summed E-state index contributed by atoms with van der Waals surface area (Å²) in [6.45, 7) is 0.184. The van der Waals surface area contributed by atoms with Gasteiger partial charge in [-0.1, -0.05) is 35.3 Å². The Kier molecular flexibility index (Phi) is 12.7. The molecule has 0 radical (unpaired) electrons. The van der Waals surface area contributed by atoms with E-state index >= 15 is 0 Å². The third-order valence-electron chi connectivity index (χ3n) is 9.53. The van der Waals surface area contributed by atoms with Crippen LogP contribution in [0.25, 0.3) is 0 Å². The van der Waals surface area contributed by atoms with Crippen LogP contribution in [0.3, 0.4) is 0 Å². The number of alkyl halides is 2. The summed E-state index contributed by atoms with van der Waals surface area (Å²) in [4.78, 5) is 39.5. The first kappa shape index (κ1) is 38.6. The number of carbonyl (C=O) groups excluding carboxylic acids is 2. The van der Waals surface area contributed by atoms with Crippen molar-refractivity contribution in [1.29, 1.82) is 0 Å². The number of thiophene rings is 1. The van der Waals surface area contributed by atoms with Crippen LogP contribution in [0.15, 0.2) is 67.1 Å². The minimum Gasteiger partial charge on any atom is -0.870 e. The Labute approximate surface area is 319 Å². The normalized spacial score (nSPS) is 19.6. The Morgan fingerprint density at radius 3 is 2.45 bits per heavy atom. The molecule has 1 amide bonds. The highest BCUT2D eigenvalue weighted by atomic mass is 35.5. The van der Waals surface area contributed by atoms with Crippen molar-refractivity contribution in [2.45, 2.75) is 57.5 Å². The van der Waals surface area contributed by atoms with Gasteiger partial charge in [-0.15, -0.1) is 11.3 Å². The predicted octanol–water partition coefficient (Wildman–Crippen LogP) is 7.86. The summed E-state index contributed by atoms with van der Waals surface area (Å²) in [5, 5.41) is 0.657. The number of piperidine rings is 3. The van der Waals surface area contributed by atoms with E-state index in [1.807, 2.05) is 0 Å². The lowest BCUT2D eigenvalue weighted by Crippen LogP contribution is -2.53. The maximum absolute atomic E-state index is 13.8. The van der Waals surface area contributed by atoms with Crippen LogP contribution < -0.4 is 19.4 Å². The molecule has 0 unspecified atom stereocenters. The van der Waals surface area contributed by atoms with Gasteiger partial charge in [0.25, 0.3) is 0 Å². The number of hydrogen-bond donors (Lipinski definition) is 0. The molecule has 1 aliphatic carbocycles. The molecule has 2 bridgehead atoms. The Morgan fingerprint density at radius 1 is 1.02 bits per heavy atom. The van der Waals surface area contributed by atoms with Crippen molar-refractivity contribution in [2.24, 2.45) is 11.8 Å². The second-order valence-electron chi connectivity index (χ2n) is 13.2. The van der Waals surface area contributed by atoms with Gasteiger partial charge in [0.15, 0.2) is 23.9 Å². The van der Waals surface area contributed by atoms with E-state index in [4.69, 9.17) is 42.1 Å². The average Bonchev–Trinajstić information content (AvgIpc) is 3.86. The van der Waals surface area contributed by atoms with Crippen LogP contribution in [0.1, 0.15) is 57.5 Å². The molecular formula is C37H38Cl2F2N4O7S. The molecule has 4 aromatic rings. The molecular weight excluding hydrogens is 753 g/mol. The molecule has 4 fully saturated rings. The van der Waals surface area contributed by atoms with Gasteiger partial charge in [-0.25, -0.2) is 19.6 Å². The van der Waals surface area contributed by atoms with Crippen molar-refractivity contribution >= 4 is 52.4 Å². The van der Waals surface area contributed by atoms with Crippen molar-refractivity contribution in [3.63, 3.8) is 0 Å². The van der Waals surface area contributed by atoms with Gasteiger partial charge in [0.05, 0.1) is 13.2 Å². The number of carbonyl (C=O) groups is 2. The SMILES string of the molecule is O=C(O[C@@H](Cc1c(Cl)c[nH+]cc1Cl)c1ccc(OC(F)F)c(OCC2CC2)c1)c1ccc(CN(C(=O)O[C@H]2CN3CCC2CC3)c2ccccn2)s1.[OH-]. The van der Waals surface area contributed by atoms with E-state index in [9.17, 15) is 18.4 Å². The number of benzene rings is 1. The maximum Gasteiger partial charge on any atom is 0.416 e. The van der Waals surface area contributed by atoms with E-state index in [0.717, 1.165) is 45.3 Å². The molecule has 2 N–H and O–H groups in total. The first-order valence-electron chi connectivity index (χ1n) is 17.2. The molecule has 1 aromatic carbocycles. The van der Waals surface area contributed by atoms with E-state index in [0.29, 0.717) is 50.3 Å². The number of esters is 1. The number of aromatic nitrogens is 2. The topological polar surface area (TPSA) is 135 Å². The molecule has 3 saturated heterocycles. The molecule has 53 heavy (non-hydrogen) atoms. The third-order valence-corrected chi connectivity index (χ3v) is 11.3. The molecule has 282 valence electrons. The fourth-order valence-electron chi connectivity index (χ4n) is 6.51. The summed E-state index contributed by atoms with van der Waals surface area (Å²) >= 11 is 14.2. The Hall–Kier alpha value is -4.08. The fourth-order valence-corrected chi connectivity index (χ4v) is 7.93. The smallest absolute Gasteiger partial charge is 0.416 e. The molecule has 3 aromatic heterocycles. The number of nitrogens with one attached hydrogen (secondary N) is 1. The highest BCUT2D eigenvalue weighted by Gasteiger charge is 2.38. The van der Waals surface area contributed by atoms with Gasteiger partial charge in [0.2, 0.25) is 0 Å². The standard InChI is InChI=1S/C37H36Cl2F2N4O6S.H2O/c38-27-17-42-18-28(39)26(27)16-30(24-6-8-29(50-36(40)41)31(15-24)48-21-22-4-5-22)49-35(46)33-9-7-25(52-33)19-45(34-3-1-2-12-43-34)37(47)51-32-20-44-13-10-23(32)11-14-44;/h1-3,6-9,12,15,17-18,22-23,30,32,36H,4-5,10-11,13-14,16,19-21H2;1H2/t30-,32-;/m0./s1. The van der Waals surface area contributed by atoms with Crippen LogP contribution in [-0.2, 0) is 22.4 Å². The van der Waals surface area contributed by atoms with Gasteiger partial charge < -0.3 is 24.4 Å². The molecule has 3 aliphatic heterocycles. The van der Waals surface area contributed by atoms with Crippen molar-refractivity contribution in [3.05, 3.63) is 98.0 Å². The lowest BCUT2D eigenvalue weighted by molar-refractivity contribution is -0.377. The summed E-state index contributed by atoms with van der Waals surface area (Å²) < 4.78 is 49.3. The van der Waals surface area contributed by atoms with Crippen molar-refractivity contribution < 1.29 is 47.8 Å². The van der Waals surface area contributed by atoms with Gasteiger partial charge in [-0.2, -0.15) is 8.78 Å². The van der Waals surface area contributed by atoms with Gasteiger partial charge in [-0.05, 0) is 92.6 Å².